The number of rotatable bonds is 5. The van der Waals surface area contributed by atoms with E-state index in [1.165, 1.54) is 5.56 Å². The first kappa shape index (κ1) is 19.7. The zero-order chi connectivity index (χ0) is 19.2. The van der Waals surface area contributed by atoms with Gasteiger partial charge in [0, 0.05) is 65.0 Å². The van der Waals surface area contributed by atoms with Crippen LogP contribution in [0.1, 0.15) is 31.2 Å². The Kier molecular flexibility index (Phi) is 6.83. The summed E-state index contributed by atoms with van der Waals surface area (Å²) in [4.78, 5) is 19.6. The maximum atomic E-state index is 12.4. The summed E-state index contributed by atoms with van der Waals surface area (Å²) in [5.74, 6) is 0. The fraction of sp³-hybridized carbons (Fsp3) is 0.682. The molecule has 154 valence electrons. The third-order valence-electron chi connectivity index (χ3n) is 6.43. The van der Waals surface area contributed by atoms with Crippen molar-refractivity contribution in [3.8, 4) is 0 Å². The normalized spacial score (nSPS) is 25.1. The van der Waals surface area contributed by atoms with Gasteiger partial charge in [0.15, 0.2) is 0 Å². The summed E-state index contributed by atoms with van der Waals surface area (Å²) in [5.41, 5.74) is 1.40. The minimum Gasteiger partial charge on any atom is -0.376 e. The van der Waals surface area contributed by atoms with Gasteiger partial charge in [-0.25, -0.2) is 4.79 Å². The lowest BCUT2D eigenvalue weighted by Gasteiger charge is -2.42. The molecule has 1 aromatic rings. The first-order valence-electron chi connectivity index (χ1n) is 10.9. The fourth-order valence-corrected chi connectivity index (χ4v) is 4.68. The molecule has 6 nitrogen and oxygen atoms in total. The maximum absolute atomic E-state index is 12.4. The van der Waals surface area contributed by atoms with E-state index in [9.17, 15) is 4.79 Å². The van der Waals surface area contributed by atoms with Crippen LogP contribution < -0.4 is 5.32 Å². The van der Waals surface area contributed by atoms with Crippen LogP contribution in [0.4, 0.5) is 4.79 Å². The van der Waals surface area contributed by atoms with Crippen molar-refractivity contribution in [3.63, 3.8) is 0 Å². The number of urea groups is 1. The molecular weight excluding hydrogens is 352 g/mol. The summed E-state index contributed by atoms with van der Waals surface area (Å²) in [5, 5.41) is 3.06. The van der Waals surface area contributed by atoms with E-state index < -0.39 is 0 Å². The van der Waals surface area contributed by atoms with E-state index in [2.05, 4.69) is 45.4 Å². The van der Waals surface area contributed by atoms with E-state index in [1.54, 1.807) is 0 Å². The summed E-state index contributed by atoms with van der Waals surface area (Å²) in [6.45, 7) is 8.84. The Hall–Kier alpha value is -1.63. The minimum atomic E-state index is 0.0848. The number of nitrogens with one attached hydrogen (secondary N) is 1. The molecule has 3 aliphatic rings. The molecule has 1 atom stereocenters. The predicted octanol–water partition coefficient (Wildman–Crippen LogP) is 2.16. The highest BCUT2D eigenvalue weighted by Crippen LogP contribution is 2.19. The average molecular weight is 387 g/mol. The number of hydrogen-bond donors (Lipinski definition) is 1. The van der Waals surface area contributed by atoms with Gasteiger partial charge in [-0.2, -0.15) is 0 Å². The molecule has 3 aliphatic heterocycles. The lowest BCUT2D eigenvalue weighted by Crippen LogP contribution is -2.54. The highest BCUT2D eigenvalue weighted by molar-refractivity contribution is 5.74. The highest BCUT2D eigenvalue weighted by Gasteiger charge is 2.29. The van der Waals surface area contributed by atoms with Crippen molar-refractivity contribution in [1.29, 1.82) is 0 Å². The van der Waals surface area contributed by atoms with Gasteiger partial charge in [-0.05, 0) is 31.2 Å². The first-order valence-corrected chi connectivity index (χ1v) is 10.9. The zero-order valence-electron chi connectivity index (χ0n) is 16.9. The molecule has 0 bridgehead atoms. The molecule has 0 saturated carbocycles. The van der Waals surface area contributed by atoms with Crippen molar-refractivity contribution in [2.75, 3.05) is 52.4 Å². The van der Waals surface area contributed by atoms with E-state index in [1.807, 2.05) is 4.90 Å². The van der Waals surface area contributed by atoms with Crippen LogP contribution in [-0.4, -0.2) is 85.3 Å². The highest BCUT2D eigenvalue weighted by atomic mass is 16.5. The van der Waals surface area contributed by atoms with Crippen LogP contribution in [0, 0.1) is 0 Å². The lowest BCUT2D eigenvalue weighted by atomic mass is 10.0. The molecule has 3 fully saturated rings. The third-order valence-corrected chi connectivity index (χ3v) is 6.43. The average Bonchev–Trinajstić information content (AvgIpc) is 3.27. The predicted molar refractivity (Wildman–Crippen MR) is 110 cm³/mol. The Balaban J connectivity index is 1.15. The molecule has 2 amide bonds. The van der Waals surface area contributed by atoms with Gasteiger partial charge in [-0.3, -0.25) is 9.80 Å². The largest absolute Gasteiger partial charge is 0.376 e. The molecule has 1 N–H and O–H groups in total. The van der Waals surface area contributed by atoms with Crippen molar-refractivity contribution in [3.05, 3.63) is 35.9 Å². The number of piperidine rings is 1. The Morgan fingerprint density at radius 3 is 2.43 bits per heavy atom. The van der Waals surface area contributed by atoms with E-state index in [0.717, 1.165) is 78.1 Å². The number of carbonyl (C=O) groups is 1. The van der Waals surface area contributed by atoms with Gasteiger partial charge in [-0.1, -0.05) is 30.3 Å². The molecule has 3 heterocycles. The first-order chi connectivity index (χ1) is 13.8. The Morgan fingerprint density at radius 2 is 1.75 bits per heavy atom. The van der Waals surface area contributed by atoms with Crippen LogP contribution in [0.25, 0.3) is 0 Å². The SMILES string of the molecule is O=C(NCC1CCCO1)N1CCC(N2CCN(Cc3ccccc3)CC2)CC1. The standard InChI is InChI=1S/C22H34N4O2/c27-22(23-17-21-7-4-16-28-21)26-10-8-20(9-11-26)25-14-12-24(13-15-25)18-19-5-2-1-3-6-19/h1-3,5-6,20-21H,4,7-18H2,(H,23,27). The smallest absolute Gasteiger partial charge is 0.317 e. The topological polar surface area (TPSA) is 48.1 Å². The quantitative estimate of drug-likeness (QED) is 0.843. The van der Waals surface area contributed by atoms with Crippen molar-refractivity contribution < 1.29 is 9.53 Å². The number of benzene rings is 1. The van der Waals surface area contributed by atoms with Gasteiger partial charge < -0.3 is 15.0 Å². The van der Waals surface area contributed by atoms with E-state index in [4.69, 9.17) is 4.74 Å². The van der Waals surface area contributed by atoms with Crippen LogP contribution in [-0.2, 0) is 11.3 Å². The number of amides is 2. The van der Waals surface area contributed by atoms with Gasteiger partial charge in [0.2, 0.25) is 0 Å². The number of likely N-dealkylation sites (tertiary alicyclic amines) is 1. The summed E-state index contributed by atoms with van der Waals surface area (Å²) in [6.07, 6.45) is 4.58. The number of nitrogens with zero attached hydrogens (tertiary/aromatic N) is 3. The number of ether oxygens (including phenoxy) is 1. The van der Waals surface area contributed by atoms with Crippen molar-refractivity contribution in [2.24, 2.45) is 0 Å². The molecule has 1 aromatic carbocycles. The summed E-state index contributed by atoms with van der Waals surface area (Å²) in [7, 11) is 0. The van der Waals surface area contributed by atoms with Crippen LogP contribution >= 0.6 is 0 Å². The van der Waals surface area contributed by atoms with Gasteiger partial charge in [0.1, 0.15) is 0 Å². The molecule has 0 aliphatic carbocycles. The maximum Gasteiger partial charge on any atom is 0.317 e. The van der Waals surface area contributed by atoms with E-state index >= 15 is 0 Å². The second-order valence-electron chi connectivity index (χ2n) is 8.34. The van der Waals surface area contributed by atoms with Gasteiger partial charge in [-0.15, -0.1) is 0 Å². The van der Waals surface area contributed by atoms with Crippen molar-refractivity contribution in [1.82, 2.24) is 20.0 Å². The molecular formula is C22H34N4O2. The Morgan fingerprint density at radius 1 is 1.00 bits per heavy atom. The molecule has 6 heteroatoms. The lowest BCUT2D eigenvalue weighted by molar-refractivity contribution is 0.0617. The number of hydrogen-bond acceptors (Lipinski definition) is 4. The number of piperazine rings is 1. The molecule has 1 unspecified atom stereocenters. The van der Waals surface area contributed by atoms with E-state index in [0.29, 0.717) is 12.6 Å². The minimum absolute atomic E-state index is 0.0848. The second-order valence-corrected chi connectivity index (χ2v) is 8.34. The van der Waals surface area contributed by atoms with Crippen molar-refractivity contribution >= 4 is 6.03 Å². The third kappa shape index (κ3) is 5.25. The molecule has 28 heavy (non-hydrogen) atoms. The van der Waals surface area contributed by atoms with Gasteiger partial charge in [0.25, 0.3) is 0 Å². The molecule has 0 aromatic heterocycles. The van der Waals surface area contributed by atoms with Crippen LogP contribution in [0.2, 0.25) is 0 Å². The molecule has 4 rings (SSSR count). The molecule has 0 spiro atoms. The summed E-state index contributed by atoms with van der Waals surface area (Å²) >= 11 is 0. The zero-order valence-corrected chi connectivity index (χ0v) is 16.9. The van der Waals surface area contributed by atoms with Crippen LogP contribution in [0.3, 0.4) is 0 Å². The van der Waals surface area contributed by atoms with Crippen molar-refractivity contribution in [2.45, 2.75) is 44.4 Å². The van der Waals surface area contributed by atoms with Crippen LogP contribution in [0.15, 0.2) is 30.3 Å². The number of carbonyl (C=O) groups excluding carboxylic acids is 1. The Bertz CT molecular complexity index is 604. The Labute approximate surface area is 168 Å². The molecule has 3 saturated heterocycles. The second kappa shape index (κ2) is 9.72. The fourth-order valence-electron chi connectivity index (χ4n) is 4.68. The monoisotopic (exact) mass is 386 g/mol. The van der Waals surface area contributed by atoms with Crippen LogP contribution in [0.5, 0.6) is 0 Å². The van der Waals surface area contributed by atoms with Gasteiger partial charge >= 0.3 is 6.03 Å². The van der Waals surface area contributed by atoms with E-state index in [-0.39, 0.29) is 12.1 Å². The summed E-state index contributed by atoms with van der Waals surface area (Å²) < 4.78 is 5.59. The summed E-state index contributed by atoms with van der Waals surface area (Å²) in [6, 6.07) is 11.5. The molecule has 0 radical (unpaired) electrons. The van der Waals surface area contributed by atoms with Gasteiger partial charge in [0.05, 0.1) is 6.10 Å².